The first-order valence-corrected chi connectivity index (χ1v) is 5.39. The van der Waals surface area contributed by atoms with Crippen LogP contribution < -0.4 is 11.1 Å². The topological polar surface area (TPSA) is 68.2 Å². The number of hydrogen-bond donors (Lipinski definition) is 2. The van der Waals surface area contributed by atoms with Crippen molar-refractivity contribution in [3.05, 3.63) is 18.6 Å². The Labute approximate surface area is 94.7 Å². The Morgan fingerprint density at radius 2 is 2.25 bits per heavy atom. The van der Waals surface area contributed by atoms with E-state index in [2.05, 4.69) is 36.1 Å². The van der Waals surface area contributed by atoms with Crippen molar-refractivity contribution in [2.45, 2.75) is 32.7 Å². The molecule has 5 nitrogen and oxygen atoms in total. The maximum Gasteiger partial charge on any atom is 0.180 e. The Kier molecular flexibility index (Phi) is 2.46. The summed E-state index contributed by atoms with van der Waals surface area (Å²) in [6, 6.07) is 0. The van der Waals surface area contributed by atoms with E-state index in [-0.39, 0.29) is 5.54 Å². The minimum Gasteiger partial charge on any atom is -0.382 e. The van der Waals surface area contributed by atoms with Crippen molar-refractivity contribution < 1.29 is 0 Å². The van der Waals surface area contributed by atoms with Crippen LogP contribution in [0.3, 0.4) is 0 Å². The minimum atomic E-state index is -0.0206. The second kappa shape index (κ2) is 3.66. The molecule has 16 heavy (non-hydrogen) atoms. The summed E-state index contributed by atoms with van der Waals surface area (Å²) in [5, 5.41) is 3.36. The molecular formula is C11H17N5. The van der Waals surface area contributed by atoms with Gasteiger partial charge in [-0.15, -0.1) is 0 Å². The highest BCUT2D eigenvalue weighted by Gasteiger charge is 2.17. The number of hydrogen-bond acceptors (Lipinski definition) is 4. The Morgan fingerprint density at radius 1 is 1.50 bits per heavy atom. The second-order valence-electron chi connectivity index (χ2n) is 4.53. The number of nitrogens with zero attached hydrogens (tertiary/aromatic N) is 3. The monoisotopic (exact) mass is 219 g/mol. The van der Waals surface area contributed by atoms with Gasteiger partial charge in [0.05, 0.1) is 6.20 Å². The average molecular weight is 219 g/mol. The van der Waals surface area contributed by atoms with Gasteiger partial charge in [0, 0.05) is 17.9 Å². The number of nitrogen functional groups attached to an aromatic ring is 1. The standard InChI is InChI=1S/C11H17N5/c1-4-11(2,3)15-9-10-13-5-6-16(10)7-8(12)14-9/h5-7H,4,12H2,1-3H3,(H,14,15). The van der Waals surface area contributed by atoms with E-state index in [1.807, 2.05) is 10.6 Å². The number of nitrogens with two attached hydrogens (primary N) is 1. The third kappa shape index (κ3) is 1.93. The van der Waals surface area contributed by atoms with Crippen LogP contribution in [0, 0.1) is 0 Å². The highest BCUT2D eigenvalue weighted by Crippen LogP contribution is 2.20. The first kappa shape index (κ1) is 10.7. The van der Waals surface area contributed by atoms with Crippen molar-refractivity contribution in [2.24, 2.45) is 0 Å². The molecular weight excluding hydrogens is 202 g/mol. The Bertz CT molecular complexity index is 500. The SMILES string of the molecule is CCC(C)(C)Nc1nc(N)cn2ccnc12. The molecule has 3 N–H and O–H groups in total. The van der Waals surface area contributed by atoms with Gasteiger partial charge in [0.2, 0.25) is 0 Å². The normalized spacial score (nSPS) is 11.9. The van der Waals surface area contributed by atoms with E-state index in [1.54, 1.807) is 12.4 Å². The smallest absolute Gasteiger partial charge is 0.180 e. The van der Waals surface area contributed by atoms with Gasteiger partial charge in [-0.1, -0.05) is 6.92 Å². The number of nitrogens with one attached hydrogen (secondary N) is 1. The predicted octanol–water partition coefficient (Wildman–Crippen LogP) is 1.91. The highest BCUT2D eigenvalue weighted by molar-refractivity contribution is 5.65. The van der Waals surface area contributed by atoms with Crippen LogP contribution in [-0.2, 0) is 0 Å². The summed E-state index contributed by atoms with van der Waals surface area (Å²) in [7, 11) is 0. The van der Waals surface area contributed by atoms with Crippen molar-refractivity contribution in [3.63, 3.8) is 0 Å². The fourth-order valence-corrected chi connectivity index (χ4v) is 1.44. The maximum absolute atomic E-state index is 5.74. The average Bonchev–Trinajstić information content (AvgIpc) is 2.65. The third-order valence-electron chi connectivity index (χ3n) is 2.73. The lowest BCUT2D eigenvalue weighted by atomic mass is 10.0. The van der Waals surface area contributed by atoms with E-state index in [9.17, 15) is 0 Å². The summed E-state index contributed by atoms with van der Waals surface area (Å²) in [5.74, 6) is 1.22. The molecule has 0 fully saturated rings. The molecule has 5 heteroatoms. The van der Waals surface area contributed by atoms with Crippen LogP contribution in [0.2, 0.25) is 0 Å². The van der Waals surface area contributed by atoms with E-state index in [4.69, 9.17) is 5.73 Å². The molecule has 0 bridgehead atoms. The van der Waals surface area contributed by atoms with Crippen molar-refractivity contribution in [1.29, 1.82) is 0 Å². The lowest BCUT2D eigenvalue weighted by Gasteiger charge is -2.25. The van der Waals surface area contributed by atoms with Crippen LogP contribution in [0.4, 0.5) is 11.6 Å². The van der Waals surface area contributed by atoms with Gasteiger partial charge in [-0.3, -0.25) is 0 Å². The van der Waals surface area contributed by atoms with Crippen molar-refractivity contribution in [1.82, 2.24) is 14.4 Å². The largest absolute Gasteiger partial charge is 0.382 e. The molecule has 0 unspecified atom stereocenters. The summed E-state index contributed by atoms with van der Waals surface area (Å²) >= 11 is 0. The van der Waals surface area contributed by atoms with Crippen molar-refractivity contribution in [3.8, 4) is 0 Å². The number of aromatic nitrogens is 3. The molecule has 0 saturated heterocycles. The van der Waals surface area contributed by atoms with Gasteiger partial charge in [-0.25, -0.2) is 9.97 Å². The van der Waals surface area contributed by atoms with E-state index >= 15 is 0 Å². The lowest BCUT2D eigenvalue weighted by Crippen LogP contribution is -2.30. The van der Waals surface area contributed by atoms with Crippen LogP contribution in [0.5, 0.6) is 0 Å². The van der Waals surface area contributed by atoms with Crippen molar-refractivity contribution in [2.75, 3.05) is 11.1 Å². The predicted molar refractivity (Wildman–Crippen MR) is 65.4 cm³/mol. The van der Waals surface area contributed by atoms with Gasteiger partial charge in [0.15, 0.2) is 11.5 Å². The molecule has 0 amide bonds. The molecule has 0 aromatic carbocycles. The molecule has 0 spiro atoms. The third-order valence-corrected chi connectivity index (χ3v) is 2.73. The molecule has 0 aliphatic carbocycles. The lowest BCUT2D eigenvalue weighted by molar-refractivity contribution is 0.545. The number of anilines is 2. The number of fused-ring (bicyclic) bond motifs is 1. The van der Waals surface area contributed by atoms with Gasteiger partial charge in [0.1, 0.15) is 5.82 Å². The van der Waals surface area contributed by atoms with E-state index < -0.39 is 0 Å². The summed E-state index contributed by atoms with van der Waals surface area (Å²) < 4.78 is 1.87. The van der Waals surface area contributed by atoms with Crippen LogP contribution in [0.1, 0.15) is 27.2 Å². The molecule has 0 aliphatic rings. The Morgan fingerprint density at radius 3 is 2.94 bits per heavy atom. The zero-order chi connectivity index (χ0) is 11.8. The van der Waals surface area contributed by atoms with Gasteiger partial charge < -0.3 is 15.5 Å². The molecule has 0 radical (unpaired) electrons. The van der Waals surface area contributed by atoms with Crippen molar-refractivity contribution >= 4 is 17.3 Å². The van der Waals surface area contributed by atoms with Gasteiger partial charge >= 0.3 is 0 Å². The number of rotatable bonds is 3. The van der Waals surface area contributed by atoms with Crippen LogP contribution in [0.25, 0.3) is 5.65 Å². The van der Waals surface area contributed by atoms with Gasteiger partial charge in [-0.2, -0.15) is 0 Å². The molecule has 2 aromatic heterocycles. The molecule has 2 rings (SSSR count). The van der Waals surface area contributed by atoms with Crippen LogP contribution >= 0.6 is 0 Å². The van der Waals surface area contributed by atoms with Gasteiger partial charge in [0.25, 0.3) is 0 Å². The maximum atomic E-state index is 5.74. The van der Waals surface area contributed by atoms with E-state index in [0.717, 1.165) is 17.9 Å². The molecule has 0 saturated carbocycles. The highest BCUT2D eigenvalue weighted by atomic mass is 15.1. The van der Waals surface area contributed by atoms with Gasteiger partial charge in [-0.05, 0) is 20.3 Å². The first-order chi connectivity index (χ1) is 7.52. The number of imidazole rings is 1. The fourth-order valence-electron chi connectivity index (χ4n) is 1.44. The summed E-state index contributed by atoms with van der Waals surface area (Å²) in [5.41, 5.74) is 6.53. The van der Waals surface area contributed by atoms with E-state index in [0.29, 0.717) is 5.82 Å². The molecule has 86 valence electrons. The van der Waals surface area contributed by atoms with Crippen LogP contribution in [-0.4, -0.2) is 19.9 Å². The summed E-state index contributed by atoms with van der Waals surface area (Å²) in [6.45, 7) is 6.37. The zero-order valence-electron chi connectivity index (χ0n) is 9.86. The second-order valence-corrected chi connectivity index (χ2v) is 4.53. The fraction of sp³-hybridized carbons (Fsp3) is 0.455. The quantitative estimate of drug-likeness (QED) is 0.827. The minimum absolute atomic E-state index is 0.0206. The van der Waals surface area contributed by atoms with Crippen LogP contribution in [0.15, 0.2) is 18.6 Å². The van der Waals surface area contributed by atoms with E-state index in [1.165, 1.54) is 0 Å². The molecule has 2 aromatic rings. The molecule has 0 atom stereocenters. The Balaban J connectivity index is 2.47. The molecule has 2 heterocycles. The summed E-state index contributed by atoms with van der Waals surface area (Å²) in [6.07, 6.45) is 6.35. The first-order valence-electron chi connectivity index (χ1n) is 5.39. The summed E-state index contributed by atoms with van der Waals surface area (Å²) in [4.78, 5) is 8.55. The molecule has 0 aliphatic heterocycles. The zero-order valence-corrected chi connectivity index (χ0v) is 9.86. The Hall–Kier alpha value is -1.78.